The van der Waals surface area contributed by atoms with Crippen LogP contribution in [0.15, 0.2) is 66.7 Å². The van der Waals surface area contributed by atoms with Crippen LogP contribution in [0.3, 0.4) is 0 Å². The molecule has 0 saturated heterocycles. The van der Waals surface area contributed by atoms with Gasteiger partial charge in [0.2, 0.25) is 0 Å². The summed E-state index contributed by atoms with van der Waals surface area (Å²) in [4.78, 5) is 12.3. The van der Waals surface area contributed by atoms with E-state index >= 15 is 0 Å². The summed E-state index contributed by atoms with van der Waals surface area (Å²) in [5, 5.41) is 6.74. The van der Waals surface area contributed by atoms with Gasteiger partial charge in [-0.15, -0.1) is 0 Å². The number of hydrogen-bond donors (Lipinski definition) is 2. The van der Waals surface area contributed by atoms with Crippen LogP contribution in [-0.4, -0.2) is 25.7 Å². The van der Waals surface area contributed by atoms with Gasteiger partial charge in [-0.2, -0.15) is 0 Å². The number of benzene rings is 3. The van der Waals surface area contributed by atoms with Crippen molar-refractivity contribution in [3.05, 3.63) is 88.4 Å². The Hall–Kier alpha value is -3.02. The number of rotatable bonds is 11. The Balaban J connectivity index is 1.52. The lowest BCUT2D eigenvalue weighted by Gasteiger charge is -2.17. The lowest BCUT2D eigenvalue weighted by Crippen LogP contribution is -2.26. The maximum Gasteiger partial charge on any atom is 0.262 e. The van der Waals surface area contributed by atoms with Gasteiger partial charge in [0.25, 0.3) is 5.91 Å². The average molecular weight is 467 g/mol. The van der Waals surface area contributed by atoms with Crippen LogP contribution in [0.5, 0.6) is 11.5 Å². The zero-order valence-corrected chi connectivity index (χ0v) is 20.1. The third-order valence-electron chi connectivity index (χ3n) is 5.34. The molecule has 3 aromatic rings. The smallest absolute Gasteiger partial charge is 0.262 e. The Morgan fingerprint density at radius 3 is 2.45 bits per heavy atom. The molecule has 0 bridgehead atoms. The van der Waals surface area contributed by atoms with Crippen molar-refractivity contribution in [3.8, 4) is 11.5 Å². The minimum Gasteiger partial charge on any atom is -0.493 e. The molecule has 0 heterocycles. The standard InChI is InChI=1S/C27H31ClN2O3/c1-19-9-13-23(14-10-19)30-26(31)18-33-27-24(28)15-22(16-25(27)32-3)17-29-20(2)11-12-21-7-5-4-6-8-21/h4-10,13-16,20,29H,11-12,17-18H2,1-3H3,(H,30,31)/t20-/m1/s1. The number of carbonyl (C=O) groups excluding carboxylic acids is 1. The molecule has 0 aliphatic rings. The van der Waals surface area contributed by atoms with Crippen molar-refractivity contribution in [2.45, 2.75) is 39.3 Å². The molecule has 3 aromatic carbocycles. The predicted octanol–water partition coefficient (Wildman–Crippen LogP) is 5.79. The maximum absolute atomic E-state index is 12.3. The molecule has 0 unspecified atom stereocenters. The number of nitrogens with one attached hydrogen (secondary N) is 2. The second-order valence-electron chi connectivity index (χ2n) is 8.12. The lowest BCUT2D eigenvalue weighted by atomic mass is 10.1. The van der Waals surface area contributed by atoms with Crippen molar-refractivity contribution in [1.82, 2.24) is 5.32 Å². The average Bonchev–Trinajstić information content (AvgIpc) is 2.82. The van der Waals surface area contributed by atoms with Crippen molar-refractivity contribution < 1.29 is 14.3 Å². The first-order valence-electron chi connectivity index (χ1n) is 11.1. The molecule has 1 atom stereocenters. The molecule has 1 amide bonds. The van der Waals surface area contributed by atoms with E-state index in [0.29, 0.717) is 29.1 Å². The second kappa shape index (κ2) is 12.3. The largest absolute Gasteiger partial charge is 0.493 e. The molecule has 0 fully saturated rings. The SMILES string of the molecule is COc1cc(CN[C@H](C)CCc2ccccc2)cc(Cl)c1OCC(=O)Nc1ccc(C)cc1. The zero-order chi connectivity index (χ0) is 23.6. The van der Waals surface area contributed by atoms with Gasteiger partial charge in [-0.05, 0) is 62.1 Å². The number of methoxy groups -OCH3 is 1. The molecule has 0 saturated carbocycles. The van der Waals surface area contributed by atoms with E-state index in [9.17, 15) is 4.79 Å². The van der Waals surface area contributed by atoms with E-state index in [4.69, 9.17) is 21.1 Å². The highest BCUT2D eigenvalue weighted by Crippen LogP contribution is 2.36. The minimum atomic E-state index is -0.269. The maximum atomic E-state index is 12.3. The Labute approximate surface area is 201 Å². The van der Waals surface area contributed by atoms with E-state index in [2.05, 4.69) is 41.8 Å². The summed E-state index contributed by atoms with van der Waals surface area (Å²) in [6.07, 6.45) is 2.06. The molecule has 33 heavy (non-hydrogen) atoms. The first-order chi connectivity index (χ1) is 15.9. The van der Waals surface area contributed by atoms with Crippen LogP contribution in [0.1, 0.15) is 30.0 Å². The van der Waals surface area contributed by atoms with E-state index in [1.54, 1.807) is 7.11 Å². The van der Waals surface area contributed by atoms with Gasteiger partial charge in [-0.1, -0.05) is 59.6 Å². The van der Waals surface area contributed by atoms with Gasteiger partial charge in [0.1, 0.15) is 0 Å². The number of anilines is 1. The van der Waals surface area contributed by atoms with E-state index in [1.807, 2.05) is 49.4 Å². The van der Waals surface area contributed by atoms with Gasteiger partial charge in [0, 0.05) is 18.3 Å². The molecule has 0 radical (unpaired) electrons. The fraction of sp³-hybridized carbons (Fsp3) is 0.296. The molecule has 5 nitrogen and oxygen atoms in total. The first-order valence-corrected chi connectivity index (χ1v) is 11.5. The molecular formula is C27H31ClN2O3. The van der Waals surface area contributed by atoms with Crippen LogP contribution in [0.4, 0.5) is 5.69 Å². The van der Waals surface area contributed by atoms with Crippen LogP contribution < -0.4 is 20.1 Å². The van der Waals surface area contributed by atoms with Crippen molar-refractivity contribution in [3.63, 3.8) is 0 Å². The van der Waals surface area contributed by atoms with Gasteiger partial charge in [-0.3, -0.25) is 4.79 Å². The van der Waals surface area contributed by atoms with E-state index in [0.717, 1.165) is 29.7 Å². The predicted molar refractivity (Wildman–Crippen MR) is 134 cm³/mol. The van der Waals surface area contributed by atoms with Gasteiger partial charge in [0.05, 0.1) is 12.1 Å². The van der Waals surface area contributed by atoms with Crippen LogP contribution in [0.2, 0.25) is 5.02 Å². The Kier molecular flexibility index (Phi) is 9.16. The van der Waals surface area contributed by atoms with E-state index < -0.39 is 0 Å². The van der Waals surface area contributed by atoms with Crippen molar-refractivity contribution in [2.24, 2.45) is 0 Å². The summed E-state index contributed by atoms with van der Waals surface area (Å²) < 4.78 is 11.2. The highest BCUT2D eigenvalue weighted by Gasteiger charge is 2.15. The van der Waals surface area contributed by atoms with Gasteiger partial charge < -0.3 is 20.1 Å². The van der Waals surface area contributed by atoms with Crippen LogP contribution in [0, 0.1) is 6.92 Å². The molecule has 0 aliphatic carbocycles. The normalized spacial score (nSPS) is 11.6. The Bertz CT molecular complexity index is 1040. The number of hydrogen-bond acceptors (Lipinski definition) is 4. The molecule has 3 rings (SSSR count). The number of carbonyl (C=O) groups is 1. The van der Waals surface area contributed by atoms with E-state index in [1.165, 1.54) is 5.56 Å². The summed E-state index contributed by atoms with van der Waals surface area (Å²) >= 11 is 6.47. The summed E-state index contributed by atoms with van der Waals surface area (Å²) in [7, 11) is 1.56. The highest BCUT2D eigenvalue weighted by molar-refractivity contribution is 6.32. The lowest BCUT2D eigenvalue weighted by molar-refractivity contribution is -0.118. The molecule has 6 heteroatoms. The summed E-state index contributed by atoms with van der Waals surface area (Å²) in [5.74, 6) is 0.591. The minimum absolute atomic E-state index is 0.169. The van der Waals surface area contributed by atoms with Crippen molar-refractivity contribution in [1.29, 1.82) is 0 Å². The van der Waals surface area contributed by atoms with Crippen LogP contribution in [-0.2, 0) is 17.8 Å². The highest BCUT2D eigenvalue weighted by atomic mass is 35.5. The van der Waals surface area contributed by atoms with Gasteiger partial charge in [0.15, 0.2) is 18.1 Å². The molecule has 2 N–H and O–H groups in total. The second-order valence-corrected chi connectivity index (χ2v) is 8.53. The summed E-state index contributed by atoms with van der Waals surface area (Å²) in [6.45, 7) is 4.65. The zero-order valence-electron chi connectivity index (χ0n) is 19.4. The fourth-order valence-electron chi connectivity index (χ4n) is 3.41. The van der Waals surface area contributed by atoms with Crippen LogP contribution in [0.25, 0.3) is 0 Å². The molecular weight excluding hydrogens is 436 g/mol. The first kappa shape index (κ1) is 24.6. The topological polar surface area (TPSA) is 59.6 Å². The summed E-state index contributed by atoms with van der Waals surface area (Å²) in [5.41, 5.74) is 4.17. The third-order valence-corrected chi connectivity index (χ3v) is 5.62. The number of ether oxygens (including phenoxy) is 2. The number of amides is 1. The van der Waals surface area contributed by atoms with E-state index in [-0.39, 0.29) is 12.5 Å². The fourth-order valence-corrected chi connectivity index (χ4v) is 3.70. The molecule has 0 spiro atoms. The van der Waals surface area contributed by atoms with Crippen molar-refractivity contribution in [2.75, 3.05) is 19.0 Å². The quantitative estimate of drug-likeness (QED) is 0.375. The summed E-state index contributed by atoms with van der Waals surface area (Å²) in [6, 6.07) is 22.1. The Morgan fingerprint density at radius 2 is 1.76 bits per heavy atom. The monoisotopic (exact) mass is 466 g/mol. The Morgan fingerprint density at radius 1 is 1.03 bits per heavy atom. The van der Waals surface area contributed by atoms with Crippen LogP contribution >= 0.6 is 11.6 Å². The molecule has 174 valence electrons. The van der Waals surface area contributed by atoms with Gasteiger partial charge >= 0.3 is 0 Å². The molecule has 0 aliphatic heterocycles. The number of aryl methyl sites for hydroxylation is 2. The van der Waals surface area contributed by atoms with Crippen molar-refractivity contribution >= 4 is 23.2 Å². The third kappa shape index (κ3) is 7.81. The van der Waals surface area contributed by atoms with Gasteiger partial charge in [-0.25, -0.2) is 0 Å². The number of halogens is 1. The molecule has 0 aromatic heterocycles.